The van der Waals surface area contributed by atoms with Crippen LogP contribution in [0.2, 0.25) is 0 Å². The number of hydrogen-bond donors (Lipinski definition) is 1. The van der Waals surface area contributed by atoms with Gasteiger partial charge in [0.05, 0.1) is 6.61 Å². The molecule has 17 heavy (non-hydrogen) atoms. The Morgan fingerprint density at radius 3 is 2.65 bits per heavy atom. The van der Waals surface area contributed by atoms with E-state index in [1.165, 1.54) is 32.1 Å². The van der Waals surface area contributed by atoms with Crippen LogP contribution < -0.4 is 10.5 Å². The molecular formula is C13H23N3O. The summed E-state index contributed by atoms with van der Waals surface area (Å²) < 4.78 is 5.59. The molecule has 0 saturated heterocycles. The van der Waals surface area contributed by atoms with Crippen molar-refractivity contribution in [2.75, 3.05) is 12.3 Å². The summed E-state index contributed by atoms with van der Waals surface area (Å²) in [4.78, 5) is 7.97. The Morgan fingerprint density at radius 1 is 1.18 bits per heavy atom. The van der Waals surface area contributed by atoms with E-state index in [9.17, 15) is 0 Å². The van der Waals surface area contributed by atoms with Crippen LogP contribution in [0.15, 0.2) is 6.20 Å². The molecule has 0 amide bonds. The van der Waals surface area contributed by atoms with Crippen molar-refractivity contribution in [3.63, 3.8) is 0 Å². The highest BCUT2D eigenvalue weighted by molar-refractivity contribution is 5.28. The van der Waals surface area contributed by atoms with Crippen LogP contribution in [0, 0.1) is 6.92 Å². The number of rotatable bonds is 8. The van der Waals surface area contributed by atoms with Crippen LogP contribution in [0.1, 0.15) is 51.0 Å². The van der Waals surface area contributed by atoms with Gasteiger partial charge in [0, 0.05) is 11.8 Å². The molecule has 4 nitrogen and oxygen atoms in total. The van der Waals surface area contributed by atoms with E-state index in [1.807, 2.05) is 6.92 Å². The van der Waals surface area contributed by atoms with Gasteiger partial charge in [-0.15, -0.1) is 0 Å². The number of nitrogen functional groups attached to an aromatic ring is 1. The number of aromatic nitrogens is 2. The Labute approximate surface area is 104 Å². The molecule has 1 rings (SSSR count). The predicted octanol–water partition coefficient (Wildman–Crippen LogP) is 3.11. The highest BCUT2D eigenvalue weighted by Crippen LogP contribution is 2.14. The van der Waals surface area contributed by atoms with E-state index in [0.717, 1.165) is 12.0 Å². The van der Waals surface area contributed by atoms with Gasteiger partial charge < -0.3 is 10.5 Å². The summed E-state index contributed by atoms with van der Waals surface area (Å²) in [5.74, 6) is 0.889. The third-order valence-corrected chi connectivity index (χ3v) is 2.68. The number of aryl methyl sites for hydroxylation is 1. The monoisotopic (exact) mass is 237 g/mol. The van der Waals surface area contributed by atoms with E-state index >= 15 is 0 Å². The largest absolute Gasteiger partial charge is 0.477 e. The molecule has 1 aromatic rings. The molecule has 0 aromatic carbocycles. The molecule has 2 N–H and O–H groups in total. The zero-order chi connectivity index (χ0) is 12.5. The Kier molecular flexibility index (Phi) is 6.37. The molecule has 0 saturated carbocycles. The molecule has 1 aromatic heterocycles. The molecule has 0 aliphatic heterocycles. The number of ether oxygens (including phenoxy) is 1. The fourth-order valence-electron chi connectivity index (χ4n) is 1.64. The Balaban J connectivity index is 2.15. The first kappa shape index (κ1) is 13.7. The number of nitrogens with zero attached hydrogens (tertiary/aromatic N) is 2. The Bertz CT molecular complexity index is 328. The zero-order valence-corrected chi connectivity index (χ0v) is 10.9. The van der Waals surface area contributed by atoms with Gasteiger partial charge in [-0.2, -0.15) is 4.98 Å². The lowest BCUT2D eigenvalue weighted by molar-refractivity contribution is 0.291. The van der Waals surface area contributed by atoms with Crippen molar-refractivity contribution < 1.29 is 4.74 Å². The average molecular weight is 237 g/mol. The smallest absolute Gasteiger partial charge is 0.223 e. The van der Waals surface area contributed by atoms with Crippen molar-refractivity contribution in [1.82, 2.24) is 9.97 Å². The van der Waals surface area contributed by atoms with Gasteiger partial charge in [-0.1, -0.05) is 39.0 Å². The molecule has 0 bridgehead atoms. The van der Waals surface area contributed by atoms with E-state index in [-0.39, 0.29) is 5.95 Å². The number of unbranched alkanes of at least 4 members (excludes halogenated alkanes) is 5. The first-order valence-electron chi connectivity index (χ1n) is 6.46. The maximum atomic E-state index is 5.59. The standard InChI is InChI=1S/C13H23N3O/c1-3-4-5-6-7-8-9-17-12-11(2)10-15-13(14)16-12/h10H,3-9H2,1-2H3,(H2,14,15,16). The van der Waals surface area contributed by atoms with Gasteiger partial charge in [0.25, 0.3) is 0 Å². The van der Waals surface area contributed by atoms with E-state index in [2.05, 4.69) is 16.9 Å². The van der Waals surface area contributed by atoms with Gasteiger partial charge in [0.2, 0.25) is 11.8 Å². The molecule has 0 unspecified atom stereocenters. The van der Waals surface area contributed by atoms with Gasteiger partial charge >= 0.3 is 0 Å². The first-order valence-corrected chi connectivity index (χ1v) is 6.46. The summed E-state index contributed by atoms with van der Waals surface area (Å²) in [6, 6.07) is 0. The highest BCUT2D eigenvalue weighted by Gasteiger charge is 2.02. The lowest BCUT2D eigenvalue weighted by Gasteiger charge is -2.07. The highest BCUT2D eigenvalue weighted by atomic mass is 16.5. The molecule has 1 heterocycles. The van der Waals surface area contributed by atoms with Gasteiger partial charge in [-0.3, -0.25) is 0 Å². The molecule has 96 valence electrons. The van der Waals surface area contributed by atoms with E-state index in [1.54, 1.807) is 6.20 Å². The normalized spacial score (nSPS) is 10.5. The number of nitrogens with two attached hydrogens (primary N) is 1. The van der Waals surface area contributed by atoms with Crippen molar-refractivity contribution in [2.45, 2.75) is 52.4 Å². The van der Waals surface area contributed by atoms with E-state index in [4.69, 9.17) is 10.5 Å². The number of anilines is 1. The third kappa shape index (κ3) is 5.52. The summed E-state index contributed by atoms with van der Waals surface area (Å²) in [6.07, 6.45) is 9.24. The molecule has 0 radical (unpaired) electrons. The summed E-state index contributed by atoms with van der Waals surface area (Å²) in [5, 5.41) is 0. The molecule has 4 heteroatoms. The summed E-state index contributed by atoms with van der Waals surface area (Å²) in [7, 11) is 0. The second kappa shape index (κ2) is 7.87. The van der Waals surface area contributed by atoms with Gasteiger partial charge in [-0.05, 0) is 13.3 Å². The first-order chi connectivity index (χ1) is 8.24. The quantitative estimate of drug-likeness (QED) is 0.706. The second-order valence-electron chi connectivity index (χ2n) is 4.33. The Hall–Kier alpha value is -1.32. The topological polar surface area (TPSA) is 61.0 Å². The molecule has 0 aliphatic rings. The minimum Gasteiger partial charge on any atom is -0.477 e. The predicted molar refractivity (Wildman–Crippen MR) is 70.1 cm³/mol. The van der Waals surface area contributed by atoms with Gasteiger partial charge in [0.1, 0.15) is 0 Å². The van der Waals surface area contributed by atoms with E-state index < -0.39 is 0 Å². The second-order valence-corrected chi connectivity index (χ2v) is 4.33. The maximum absolute atomic E-state index is 5.59. The van der Waals surface area contributed by atoms with Crippen molar-refractivity contribution in [1.29, 1.82) is 0 Å². The lowest BCUT2D eigenvalue weighted by atomic mass is 10.1. The molecule has 0 atom stereocenters. The van der Waals surface area contributed by atoms with Gasteiger partial charge in [0.15, 0.2) is 0 Å². The fourth-order valence-corrected chi connectivity index (χ4v) is 1.64. The maximum Gasteiger partial charge on any atom is 0.223 e. The van der Waals surface area contributed by atoms with Crippen LogP contribution in [0.25, 0.3) is 0 Å². The fraction of sp³-hybridized carbons (Fsp3) is 0.692. The van der Waals surface area contributed by atoms with Crippen LogP contribution >= 0.6 is 0 Å². The lowest BCUT2D eigenvalue weighted by Crippen LogP contribution is -2.04. The molecule has 0 aliphatic carbocycles. The van der Waals surface area contributed by atoms with Crippen molar-refractivity contribution in [3.05, 3.63) is 11.8 Å². The Morgan fingerprint density at radius 2 is 1.88 bits per heavy atom. The van der Waals surface area contributed by atoms with Crippen molar-refractivity contribution in [2.24, 2.45) is 0 Å². The van der Waals surface area contributed by atoms with Gasteiger partial charge in [-0.25, -0.2) is 4.98 Å². The zero-order valence-electron chi connectivity index (χ0n) is 10.9. The average Bonchev–Trinajstić information content (AvgIpc) is 2.32. The SMILES string of the molecule is CCCCCCCCOc1nc(N)ncc1C. The minimum atomic E-state index is 0.272. The van der Waals surface area contributed by atoms with Crippen LogP contribution in [-0.4, -0.2) is 16.6 Å². The van der Waals surface area contributed by atoms with Crippen LogP contribution in [-0.2, 0) is 0 Å². The van der Waals surface area contributed by atoms with Crippen molar-refractivity contribution >= 4 is 5.95 Å². The summed E-state index contributed by atoms with van der Waals surface area (Å²) in [6.45, 7) is 4.87. The summed E-state index contributed by atoms with van der Waals surface area (Å²) in [5.41, 5.74) is 6.45. The molecule has 0 fully saturated rings. The van der Waals surface area contributed by atoms with Crippen LogP contribution in [0.4, 0.5) is 5.95 Å². The molecular weight excluding hydrogens is 214 g/mol. The van der Waals surface area contributed by atoms with Crippen LogP contribution in [0.3, 0.4) is 0 Å². The third-order valence-electron chi connectivity index (χ3n) is 2.68. The minimum absolute atomic E-state index is 0.272. The van der Waals surface area contributed by atoms with Crippen LogP contribution in [0.5, 0.6) is 5.88 Å². The summed E-state index contributed by atoms with van der Waals surface area (Å²) >= 11 is 0. The number of hydrogen-bond acceptors (Lipinski definition) is 4. The van der Waals surface area contributed by atoms with Crippen molar-refractivity contribution in [3.8, 4) is 5.88 Å². The molecule has 0 spiro atoms. The van der Waals surface area contributed by atoms with E-state index in [0.29, 0.717) is 12.5 Å².